The Hall–Kier alpha value is -1.41. The summed E-state index contributed by atoms with van der Waals surface area (Å²) in [4.78, 5) is 7.28. The lowest BCUT2D eigenvalue weighted by molar-refractivity contribution is 0.958. The molecule has 2 heterocycles. The van der Waals surface area contributed by atoms with Crippen molar-refractivity contribution in [3.05, 3.63) is 34.5 Å². The van der Waals surface area contributed by atoms with Gasteiger partial charge in [-0.1, -0.05) is 15.9 Å². The first-order valence-electron chi connectivity index (χ1n) is 3.17. The van der Waals surface area contributed by atoms with Crippen molar-refractivity contribution in [3.8, 4) is 0 Å². The van der Waals surface area contributed by atoms with Gasteiger partial charge in [0, 0.05) is 10.7 Å². The van der Waals surface area contributed by atoms with Crippen LogP contribution < -0.4 is 0 Å². The van der Waals surface area contributed by atoms with Crippen LogP contribution in [0, 0.1) is 6.57 Å². The molecule has 0 radical (unpaired) electrons. The van der Waals surface area contributed by atoms with Crippen molar-refractivity contribution in [1.82, 2.24) is 14.6 Å². The highest BCUT2D eigenvalue weighted by Crippen LogP contribution is 2.25. The van der Waals surface area contributed by atoms with E-state index in [9.17, 15) is 0 Å². The minimum Gasteiger partial charge on any atom is -0.237 e. The lowest BCUT2D eigenvalue weighted by Gasteiger charge is -1.95. The van der Waals surface area contributed by atoms with Gasteiger partial charge in [-0.3, -0.25) is 0 Å². The van der Waals surface area contributed by atoms with Crippen LogP contribution in [0.4, 0.5) is 5.69 Å². The Morgan fingerprint density at radius 3 is 3.17 bits per heavy atom. The Morgan fingerprint density at radius 2 is 2.42 bits per heavy atom. The van der Waals surface area contributed by atoms with Crippen LogP contribution in [0.25, 0.3) is 10.5 Å². The van der Waals surface area contributed by atoms with Gasteiger partial charge in [0.2, 0.25) is 5.69 Å². The molecule has 0 saturated heterocycles. The fourth-order valence-corrected chi connectivity index (χ4v) is 1.31. The lowest BCUT2D eigenvalue weighted by Crippen LogP contribution is -1.85. The Morgan fingerprint density at radius 1 is 1.58 bits per heavy atom. The maximum absolute atomic E-state index is 6.85. The fourth-order valence-electron chi connectivity index (χ4n) is 0.912. The van der Waals surface area contributed by atoms with Crippen LogP contribution in [0.3, 0.4) is 0 Å². The average molecular weight is 223 g/mol. The zero-order valence-electron chi connectivity index (χ0n) is 5.90. The van der Waals surface area contributed by atoms with Gasteiger partial charge in [-0.15, -0.1) is 0 Å². The van der Waals surface area contributed by atoms with Crippen LogP contribution in [-0.2, 0) is 0 Å². The van der Waals surface area contributed by atoms with Gasteiger partial charge in [0.05, 0.1) is 6.57 Å². The van der Waals surface area contributed by atoms with E-state index in [1.807, 2.05) is 0 Å². The van der Waals surface area contributed by atoms with E-state index in [1.165, 1.54) is 6.33 Å². The maximum atomic E-state index is 6.85. The van der Waals surface area contributed by atoms with Gasteiger partial charge in [0.1, 0.15) is 12.0 Å². The number of fused-ring (bicyclic) bond motifs is 1. The quantitative estimate of drug-likeness (QED) is 0.640. The van der Waals surface area contributed by atoms with Crippen LogP contribution >= 0.6 is 15.9 Å². The van der Waals surface area contributed by atoms with Gasteiger partial charge in [0.15, 0.2) is 0 Å². The molecule has 2 aromatic heterocycles. The van der Waals surface area contributed by atoms with Crippen molar-refractivity contribution in [2.75, 3.05) is 0 Å². The minimum absolute atomic E-state index is 0.551. The normalized spacial score (nSPS) is 10.0. The van der Waals surface area contributed by atoms with Crippen LogP contribution in [-0.4, -0.2) is 14.6 Å². The second-order valence-electron chi connectivity index (χ2n) is 2.18. The molecule has 0 amide bonds. The van der Waals surface area contributed by atoms with E-state index in [2.05, 4.69) is 30.9 Å². The second-order valence-corrected chi connectivity index (χ2v) is 3.04. The highest BCUT2D eigenvalue weighted by molar-refractivity contribution is 9.10. The Labute approximate surface area is 76.8 Å². The molecule has 0 unspecified atom stereocenters. The zero-order valence-corrected chi connectivity index (χ0v) is 7.48. The molecule has 4 nitrogen and oxygen atoms in total. The third-order valence-corrected chi connectivity index (χ3v) is 2.08. The number of pyridine rings is 1. The van der Waals surface area contributed by atoms with Gasteiger partial charge in [-0.05, 0) is 6.07 Å². The summed E-state index contributed by atoms with van der Waals surface area (Å²) < 4.78 is 2.34. The standard InChI is InChI=1S/C7H3BrN4/c1-9-6-2-7-10-4-11-12(7)3-5(6)8/h2-4H. The molecule has 0 saturated carbocycles. The number of hydrogen-bond donors (Lipinski definition) is 0. The van der Waals surface area contributed by atoms with E-state index < -0.39 is 0 Å². The van der Waals surface area contributed by atoms with E-state index in [-0.39, 0.29) is 0 Å². The molecule has 2 rings (SSSR count). The molecule has 0 aliphatic rings. The Kier molecular flexibility index (Phi) is 1.55. The predicted octanol–water partition coefficient (Wildman–Crippen LogP) is 2.04. The SMILES string of the molecule is [C-]#[N+]c1cc2ncnn2cc1Br. The first kappa shape index (κ1) is 7.25. The number of aromatic nitrogens is 3. The first-order valence-corrected chi connectivity index (χ1v) is 3.97. The van der Waals surface area contributed by atoms with Crippen LogP contribution in [0.1, 0.15) is 0 Å². The molecule has 0 aliphatic carbocycles. The van der Waals surface area contributed by atoms with Crippen molar-refractivity contribution >= 4 is 27.3 Å². The molecule has 0 bridgehead atoms. The monoisotopic (exact) mass is 222 g/mol. The van der Waals surface area contributed by atoms with Gasteiger partial charge in [-0.25, -0.2) is 14.3 Å². The molecular formula is C7H3BrN4. The second kappa shape index (κ2) is 2.57. The lowest BCUT2D eigenvalue weighted by atomic mass is 10.4. The smallest absolute Gasteiger partial charge is 0.206 e. The molecule has 0 N–H and O–H groups in total. The largest absolute Gasteiger partial charge is 0.237 e. The summed E-state index contributed by atoms with van der Waals surface area (Å²) >= 11 is 3.26. The number of halogens is 1. The van der Waals surface area contributed by atoms with E-state index in [0.29, 0.717) is 11.3 Å². The predicted molar refractivity (Wildman–Crippen MR) is 46.9 cm³/mol. The molecular weight excluding hydrogens is 220 g/mol. The molecule has 0 atom stereocenters. The van der Waals surface area contributed by atoms with Gasteiger partial charge in [0.25, 0.3) is 0 Å². The molecule has 12 heavy (non-hydrogen) atoms. The summed E-state index contributed by atoms with van der Waals surface area (Å²) in [6.45, 7) is 6.85. The number of rotatable bonds is 0. The van der Waals surface area contributed by atoms with Crippen LogP contribution in [0.15, 0.2) is 23.1 Å². The van der Waals surface area contributed by atoms with E-state index in [4.69, 9.17) is 6.57 Å². The third-order valence-electron chi connectivity index (χ3n) is 1.47. The van der Waals surface area contributed by atoms with Crippen molar-refractivity contribution < 1.29 is 0 Å². The minimum atomic E-state index is 0.551. The van der Waals surface area contributed by atoms with E-state index in [0.717, 1.165) is 4.47 Å². The topological polar surface area (TPSA) is 34.5 Å². The molecule has 58 valence electrons. The average Bonchev–Trinajstić information content (AvgIpc) is 2.49. The van der Waals surface area contributed by atoms with Crippen LogP contribution in [0.5, 0.6) is 0 Å². The molecule has 5 heteroatoms. The van der Waals surface area contributed by atoms with Crippen molar-refractivity contribution in [2.24, 2.45) is 0 Å². The summed E-state index contributed by atoms with van der Waals surface area (Å²) in [5, 5.41) is 3.93. The van der Waals surface area contributed by atoms with Crippen molar-refractivity contribution in [2.45, 2.75) is 0 Å². The maximum Gasteiger partial charge on any atom is 0.206 e. The van der Waals surface area contributed by atoms with E-state index in [1.54, 1.807) is 16.8 Å². The fraction of sp³-hybridized carbons (Fsp3) is 0. The summed E-state index contributed by atoms with van der Waals surface area (Å²) in [7, 11) is 0. The summed E-state index contributed by atoms with van der Waals surface area (Å²) in [6.07, 6.45) is 3.17. The summed E-state index contributed by atoms with van der Waals surface area (Å²) in [5.41, 5.74) is 1.24. The molecule has 2 aromatic rings. The van der Waals surface area contributed by atoms with Crippen molar-refractivity contribution in [3.63, 3.8) is 0 Å². The Bertz CT molecular complexity index is 468. The highest BCUT2D eigenvalue weighted by Gasteiger charge is 2.02. The van der Waals surface area contributed by atoms with Gasteiger partial charge < -0.3 is 0 Å². The molecule has 0 spiro atoms. The van der Waals surface area contributed by atoms with Gasteiger partial charge >= 0.3 is 0 Å². The third kappa shape index (κ3) is 0.970. The number of hydrogen-bond acceptors (Lipinski definition) is 2. The van der Waals surface area contributed by atoms with Crippen LogP contribution in [0.2, 0.25) is 0 Å². The van der Waals surface area contributed by atoms with E-state index >= 15 is 0 Å². The summed E-state index contributed by atoms with van der Waals surface area (Å²) in [5.74, 6) is 0. The Balaban J connectivity index is 2.84. The van der Waals surface area contributed by atoms with Crippen molar-refractivity contribution in [1.29, 1.82) is 0 Å². The zero-order chi connectivity index (χ0) is 8.55. The van der Waals surface area contributed by atoms with Gasteiger partial charge in [-0.2, -0.15) is 5.10 Å². The highest BCUT2D eigenvalue weighted by atomic mass is 79.9. The molecule has 0 fully saturated rings. The molecule has 0 aromatic carbocycles. The molecule has 0 aliphatic heterocycles. The first-order chi connectivity index (χ1) is 5.81. The number of nitrogens with zero attached hydrogens (tertiary/aromatic N) is 4. The summed E-state index contributed by atoms with van der Waals surface area (Å²) in [6, 6.07) is 1.68.